The Morgan fingerprint density at radius 2 is 1.93 bits per heavy atom. The second-order valence-corrected chi connectivity index (χ2v) is 8.11. The minimum atomic E-state index is -0.105. The Hall–Kier alpha value is -2.29. The highest BCUT2D eigenvalue weighted by Gasteiger charge is 2.33. The van der Waals surface area contributed by atoms with Crippen LogP contribution >= 0.6 is 27.7 Å². The molecule has 1 amide bonds. The predicted octanol–water partition coefficient (Wildman–Crippen LogP) is 5.11. The third-order valence-electron chi connectivity index (χ3n) is 4.26. The Balaban J connectivity index is 1.96. The predicted molar refractivity (Wildman–Crippen MR) is 125 cm³/mol. The number of ether oxygens (including phenoxy) is 3. The number of halogens is 1. The maximum absolute atomic E-state index is 13.1. The number of hydrogen-bond acceptors (Lipinski definition) is 6. The van der Waals surface area contributed by atoms with Gasteiger partial charge in [0.1, 0.15) is 0 Å². The van der Waals surface area contributed by atoms with Crippen LogP contribution in [-0.2, 0) is 9.53 Å². The van der Waals surface area contributed by atoms with Crippen LogP contribution in [0.25, 0.3) is 6.08 Å². The number of carbonyl (C=O) groups is 1. The van der Waals surface area contributed by atoms with Crippen molar-refractivity contribution in [2.75, 3.05) is 34.0 Å². The van der Waals surface area contributed by atoms with E-state index in [4.69, 9.17) is 14.2 Å². The number of methoxy groups -OCH3 is 2. The van der Waals surface area contributed by atoms with E-state index < -0.39 is 0 Å². The summed E-state index contributed by atoms with van der Waals surface area (Å²) in [6, 6.07) is 13.3. The number of amides is 1. The third kappa shape index (κ3) is 5.24. The molecule has 1 fully saturated rings. The Kier molecular flexibility index (Phi) is 7.95. The minimum Gasteiger partial charge on any atom is -0.493 e. The van der Waals surface area contributed by atoms with Crippen molar-refractivity contribution in [1.82, 2.24) is 4.90 Å². The Bertz CT molecular complexity index is 963. The molecule has 1 aliphatic rings. The number of hydrogen-bond donors (Lipinski definition) is 0. The van der Waals surface area contributed by atoms with Crippen molar-refractivity contribution in [3.8, 4) is 11.5 Å². The molecule has 3 rings (SSSR count). The molecule has 0 atom stereocenters. The maximum atomic E-state index is 13.1. The summed E-state index contributed by atoms with van der Waals surface area (Å²) in [6.07, 6.45) is 1.84. The SMILES string of the molecule is CCOc1cc(Br)c(C=C2SC(=Nc3ccccc3)N(CCOC)C2=O)cc1OC. The average molecular weight is 491 g/mol. The lowest BCUT2D eigenvalue weighted by molar-refractivity contribution is -0.122. The smallest absolute Gasteiger partial charge is 0.266 e. The number of rotatable bonds is 8. The first kappa shape index (κ1) is 22.4. The van der Waals surface area contributed by atoms with Crippen molar-refractivity contribution < 1.29 is 19.0 Å². The molecule has 0 radical (unpaired) electrons. The van der Waals surface area contributed by atoms with Crippen molar-refractivity contribution in [2.45, 2.75) is 6.92 Å². The van der Waals surface area contributed by atoms with Crippen molar-refractivity contribution in [3.63, 3.8) is 0 Å². The summed E-state index contributed by atoms with van der Waals surface area (Å²) >= 11 is 4.91. The monoisotopic (exact) mass is 490 g/mol. The molecule has 0 aliphatic carbocycles. The molecule has 0 spiro atoms. The lowest BCUT2D eigenvalue weighted by Crippen LogP contribution is -2.32. The van der Waals surface area contributed by atoms with E-state index in [9.17, 15) is 4.79 Å². The van der Waals surface area contributed by atoms with E-state index >= 15 is 0 Å². The first-order valence-corrected chi connectivity index (χ1v) is 11.0. The molecule has 2 aromatic rings. The van der Waals surface area contributed by atoms with E-state index in [1.165, 1.54) is 11.8 Å². The zero-order chi connectivity index (χ0) is 21.5. The van der Waals surface area contributed by atoms with E-state index in [-0.39, 0.29) is 5.91 Å². The summed E-state index contributed by atoms with van der Waals surface area (Å²) in [5.74, 6) is 1.15. The highest BCUT2D eigenvalue weighted by Crippen LogP contribution is 2.38. The number of carbonyl (C=O) groups excluding carboxylic acids is 1. The number of aliphatic imine (C=N–C) groups is 1. The Morgan fingerprint density at radius 3 is 2.60 bits per heavy atom. The van der Waals surface area contributed by atoms with E-state index in [0.717, 1.165) is 15.7 Å². The Labute approximate surface area is 189 Å². The molecule has 6 nitrogen and oxygen atoms in total. The van der Waals surface area contributed by atoms with Crippen LogP contribution in [-0.4, -0.2) is 50.0 Å². The normalized spacial score (nSPS) is 16.5. The molecule has 1 heterocycles. The number of benzene rings is 2. The fraction of sp³-hybridized carbons (Fsp3) is 0.273. The van der Waals surface area contributed by atoms with Crippen LogP contribution in [0.1, 0.15) is 12.5 Å². The van der Waals surface area contributed by atoms with Gasteiger partial charge < -0.3 is 14.2 Å². The molecule has 158 valence electrons. The third-order valence-corrected chi connectivity index (χ3v) is 5.95. The van der Waals surface area contributed by atoms with Gasteiger partial charge in [0.05, 0.1) is 37.5 Å². The fourth-order valence-electron chi connectivity index (χ4n) is 2.81. The van der Waals surface area contributed by atoms with Gasteiger partial charge >= 0.3 is 0 Å². The van der Waals surface area contributed by atoms with Crippen molar-refractivity contribution >= 4 is 50.5 Å². The summed E-state index contributed by atoms with van der Waals surface area (Å²) in [5, 5.41) is 0.628. The van der Waals surface area contributed by atoms with Crippen molar-refractivity contribution in [1.29, 1.82) is 0 Å². The zero-order valence-electron chi connectivity index (χ0n) is 17.1. The van der Waals surface area contributed by atoms with Gasteiger partial charge in [0.15, 0.2) is 16.7 Å². The quantitative estimate of drug-likeness (QED) is 0.481. The second kappa shape index (κ2) is 10.7. The number of nitrogens with zero attached hydrogens (tertiary/aromatic N) is 2. The van der Waals surface area contributed by atoms with Crippen molar-refractivity contribution in [3.05, 3.63) is 57.4 Å². The molecule has 0 saturated carbocycles. The molecular formula is C22H23BrN2O4S. The van der Waals surface area contributed by atoms with Gasteiger partial charge in [0.2, 0.25) is 0 Å². The van der Waals surface area contributed by atoms with Gasteiger partial charge in [0.25, 0.3) is 5.91 Å². The lowest BCUT2D eigenvalue weighted by atomic mass is 10.2. The fourth-order valence-corrected chi connectivity index (χ4v) is 4.27. The number of amidine groups is 1. The number of thioether (sulfide) groups is 1. The summed E-state index contributed by atoms with van der Waals surface area (Å²) in [5.41, 5.74) is 1.61. The minimum absolute atomic E-state index is 0.105. The van der Waals surface area contributed by atoms with E-state index in [2.05, 4.69) is 20.9 Å². The summed E-state index contributed by atoms with van der Waals surface area (Å²) in [6.45, 7) is 3.30. The van der Waals surface area contributed by atoms with Crippen LogP contribution in [0.15, 0.2) is 56.8 Å². The van der Waals surface area contributed by atoms with Crippen LogP contribution < -0.4 is 9.47 Å². The van der Waals surface area contributed by atoms with Gasteiger partial charge in [-0.05, 0) is 54.6 Å². The highest BCUT2D eigenvalue weighted by atomic mass is 79.9. The van der Waals surface area contributed by atoms with Gasteiger partial charge in [0, 0.05) is 11.6 Å². The standard InChI is InChI=1S/C22H23BrN2O4S/c1-4-29-19-14-17(23)15(12-18(19)28-3)13-20-21(26)25(10-11-27-2)22(30-20)24-16-8-6-5-7-9-16/h5-9,12-14H,4,10-11H2,1-3H3. The second-order valence-electron chi connectivity index (χ2n) is 6.25. The van der Waals surface area contributed by atoms with E-state index in [1.54, 1.807) is 19.1 Å². The summed E-state index contributed by atoms with van der Waals surface area (Å²) in [7, 11) is 3.21. The van der Waals surface area contributed by atoms with E-state index in [0.29, 0.717) is 41.3 Å². The highest BCUT2D eigenvalue weighted by molar-refractivity contribution is 9.10. The molecule has 1 saturated heterocycles. The van der Waals surface area contributed by atoms with Gasteiger partial charge in [-0.15, -0.1) is 0 Å². The van der Waals surface area contributed by atoms with Crippen LogP contribution in [0, 0.1) is 0 Å². The molecule has 8 heteroatoms. The van der Waals surface area contributed by atoms with Crippen LogP contribution in [0.5, 0.6) is 11.5 Å². The molecular weight excluding hydrogens is 468 g/mol. The topological polar surface area (TPSA) is 60.4 Å². The van der Waals surface area contributed by atoms with Gasteiger partial charge in [-0.25, -0.2) is 4.99 Å². The van der Waals surface area contributed by atoms with Gasteiger partial charge in [-0.1, -0.05) is 34.1 Å². The van der Waals surface area contributed by atoms with E-state index in [1.807, 2.05) is 55.5 Å². The first-order chi connectivity index (χ1) is 14.6. The molecule has 30 heavy (non-hydrogen) atoms. The van der Waals surface area contributed by atoms with Crippen LogP contribution in [0.4, 0.5) is 5.69 Å². The van der Waals surface area contributed by atoms with Crippen molar-refractivity contribution in [2.24, 2.45) is 4.99 Å². The molecule has 0 unspecified atom stereocenters. The van der Waals surface area contributed by atoms with Gasteiger partial charge in [-0.3, -0.25) is 9.69 Å². The molecule has 1 aliphatic heterocycles. The number of para-hydroxylation sites is 1. The van der Waals surface area contributed by atoms with Gasteiger partial charge in [-0.2, -0.15) is 0 Å². The largest absolute Gasteiger partial charge is 0.493 e. The summed E-state index contributed by atoms with van der Waals surface area (Å²) < 4.78 is 17.0. The Morgan fingerprint density at radius 1 is 1.17 bits per heavy atom. The summed E-state index contributed by atoms with van der Waals surface area (Å²) in [4.78, 5) is 20.0. The zero-order valence-corrected chi connectivity index (χ0v) is 19.5. The molecule has 2 aromatic carbocycles. The maximum Gasteiger partial charge on any atom is 0.266 e. The molecule has 0 bridgehead atoms. The van der Waals surface area contributed by atoms with Crippen LogP contribution in [0.2, 0.25) is 0 Å². The first-order valence-electron chi connectivity index (χ1n) is 9.41. The van der Waals surface area contributed by atoms with Crippen LogP contribution in [0.3, 0.4) is 0 Å². The molecule has 0 aromatic heterocycles. The molecule has 0 N–H and O–H groups in total. The lowest BCUT2D eigenvalue weighted by Gasteiger charge is -2.14. The average Bonchev–Trinajstić information content (AvgIpc) is 3.03.